The van der Waals surface area contributed by atoms with E-state index >= 15 is 0 Å². The van der Waals surface area contributed by atoms with Crippen molar-refractivity contribution in [1.82, 2.24) is 4.98 Å². The molecule has 1 heterocycles. The Kier molecular flexibility index (Phi) is 3.42. The molecule has 0 amide bonds. The Morgan fingerprint density at radius 1 is 1.53 bits per heavy atom. The van der Waals surface area contributed by atoms with Crippen LogP contribution in [0, 0.1) is 0 Å². The van der Waals surface area contributed by atoms with Gasteiger partial charge < -0.3 is 10.5 Å². The number of ether oxygens (including phenoxy) is 1. The van der Waals surface area contributed by atoms with Gasteiger partial charge in [-0.15, -0.1) is 0 Å². The number of nitrogens with two attached hydrogens (primary N) is 1. The summed E-state index contributed by atoms with van der Waals surface area (Å²) in [4.78, 5) is 15.4. The van der Waals surface area contributed by atoms with Crippen LogP contribution in [0.4, 0.5) is 0 Å². The van der Waals surface area contributed by atoms with Crippen molar-refractivity contribution in [2.45, 2.75) is 26.4 Å². The van der Waals surface area contributed by atoms with Gasteiger partial charge in [0.15, 0.2) is 5.78 Å². The lowest BCUT2D eigenvalue weighted by atomic mass is 10.1. The average Bonchev–Trinajstić information content (AvgIpc) is 2.15. The fraction of sp³-hybridized carbons (Fsp3) is 0.455. The van der Waals surface area contributed by atoms with Crippen LogP contribution in [-0.4, -0.2) is 22.9 Å². The number of rotatable bonds is 3. The quantitative estimate of drug-likeness (QED) is 0.762. The number of hydrogen-bond acceptors (Lipinski definition) is 4. The fourth-order valence-electron chi connectivity index (χ4n) is 1.12. The third kappa shape index (κ3) is 3.32. The lowest BCUT2D eigenvalue weighted by molar-refractivity contribution is 0.0978. The summed E-state index contributed by atoms with van der Waals surface area (Å²) in [5.41, 5.74) is 5.40. The van der Waals surface area contributed by atoms with Crippen molar-refractivity contribution in [2.24, 2.45) is 5.73 Å². The number of Topliss-reactive ketones (excluding diaryl/α,β-unsaturated/α-hetero) is 1. The Balaban J connectivity index is 3.02. The van der Waals surface area contributed by atoms with Gasteiger partial charge in [-0.05, 0) is 26.8 Å². The molecule has 0 spiro atoms. The van der Waals surface area contributed by atoms with Gasteiger partial charge in [-0.1, -0.05) is 0 Å². The van der Waals surface area contributed by atoms with Crippen LogP contribution in [0.3, 0.4) is 0 Å². The van der Waals surface area contributed by atoms with Crippen LogP contribution in [-0.2, 0) is 0 Å². The first-order chi connectivity index (χ1) is 6.94. The molecule has 4 nitrogen and oxygen atoms in total. The van der Waals surface area contributed by atoms with E-state index in [0.717, 1.165) is 0 Å². The second kappa shape index (κ2) is 4.40. The molecule has 0 aromatic carbocycles. The highest BCUT2D eigenvalue weighted by atomic mass is 16.5. The Morgan fingerprint density at radius 2 is 2.20 bits per heavy atom. The van der Waals surface area contributed by atoms with Crippen molar-refractivity contribution in [3.05, 3.63) is 24.0 Å². The summed E-state index contributed by atoms with van der Waals surface area (Å²) in [5, 5.41) is 0. The van der Waals surface area contributed by atoms with E-state index < -0.39 is 0 Å². The molecule has 1 rings (SSSR count). The first-order valence-electron chi connectivity index (χ1n) is 4.80. The van der Waals surface area contributed by atoms with Crippen LogP contribution in [0.5, 0.6) is 5.75 Å². The molecule has 1 aromatic rings. The molecule has 0 saturated heterocycles. The van der Waals surface area contributed by atoms with Crippen LogP contribution in [0.15, 0.2) is 18.5 Å². The molecule has 0 aliphatic rings. The van der Waals surface area contributed by atoms with Gasteiger partial charge in [0.2, 0.25) is 0 Å². The second-order valence-corrected chi connectivity index (χ2v) is 4.21. The number of carbonyl (C=O) groups excluding carboxylic acids is 1. The first kappa shape index (κ1) is 11.7. The minimum absolute atomic E-state index is 0.0355. The number of carbonyl (C=O) groups is 1. The molecule has 0 aliphatic heterocycles. The molecule has 1 aromatic heterocycles. The molecule has 82 valence electrons. The summed E-state index contributed by atoms with van der Waals surface area (Å²) in [6.45, 7) is 5.73. The zero-order valence-corrected chi connectivity index (χ0v) is 9.28. The van der Waals surface area contributed by atoms with Gasteiger partial charge in [0, 0.05) is 12.4 Å². The maximum absolute atomic E-state index is 11.5. The van der Waals surface area contributed by atoms with Crippen LogP contribution in [0.25, 0.3) is 0 Å². The predicted octanol–water partition coefficient (Wildman–Crippen LogP) is 1.40. The molecule has 0 unspecified atom stereocenters. The standard InChI is InChI=1S/C11H16N2O2/c1-11(2,3)15-10-4-5-13-7-8(10)9(14)6-12/h4-5,7H,6,12H2,1-3H3. The summed E-state index contributed by atoms with van der Waals surface area (Å²) in [6.07, 6.45) is 3.07. The zero-order chi connectivity index (χ0) is 11.5. The highest BCUT2D eigenvalue weighted by molar-refractivity contribution is 5.99. The maximum Gasteiger partial charge on any atom is 0.181 e. The predicted molar refractivity (Wildman–Crippen MR) is 58.0 cm³/mol. The minimum atomic E-state index is -0.342. The smallest absolute Gasteiger partial charge is 0.181 e. The lowest BCUT2D eigenvalue weighted by Crippen LogP contribution is -2.25. The van der Waals surface area contributed by atoms with E-state index in [1.807, 2.05) is 20.8 Å². The van der Waals surface area contributed by atoms with E-state index in [1.54, 1.807) is 12.3 Å². The van der Waals surface area contributed by atoms with Gasteiger partial charge in [0.05, 0.1) is 12.1 Å². The van der Waals surface area contributed by atoms with E-state index in [9.17, 15) is 4.79 Å². The summed E-state index contributed by atoms with van der Waals surface area (Å²) < 4.78 is 5.64. The van der Waals surface area contributed by atoms with Crippen LogP contribution in [0.2, 0.25) is 0 Å². The van der Waals surface area contributed by atoms with Gasteiger partial charge in [0.1, 0.15) is 11.4 Å². The molecular formula is C11H16N2O2. The van der Waals surface area contributed by atoms with Crippen LogP contribution in [0.1, 0.15) is 31.1 Å². The fourth-order valence-corrected chi connectivity index (χ4v) is 1.12. The zero-order valence-electron chi connectivity index (χ0n) is 9.28. The largest absolute Gasteiger partial charge is 0.487 e. The molecule has 15 heavy (non-hydrogen) atoms. The molecular weight excluding hydrogens is 192 g/mol. The number of hydrogen-bond donors (Lipinski definition) is 1. The van der Waals surface area contributed by atoms with Gasteiger partial charge in [-0.2, -0.15) is 0 Å². The van der Waals surface area contributed by atoms with Crippen molar-refractivity contribution in [1.29, 1.82) is 0 Å². The van der Waals surface area contributed by atoms with Crippen LogP contribution >= 0.6 is 0 Å². The van der Waals surface area contributed by atoms with E-state index in [1.165, 1.54) is 6.20 Å². The van der Waals surface area contributed by atoms with E-state index in [2.05, 4.69) is 4.98 Å². The number of nitrogens with zero attached hydrogens (tertiary/aromatic N) is 1. The molecule has 0 atom stereocenters. The van der Waals surface area contributed by atoms with Gasteiger partial charge in [0.25, 0.3) is 0 Å². The van der Waals surface area contributed by atoms with Crippen molar-refractivity contribution >= 4 is 5.78 Å². The summed E-state index contributed by atoms with van der Waals surface area (Å²) in [7, 11) is 0. The number of pyridine rings is 1. The average molecular weight is 208 g/mol. The second-order valence-electron chi connectivity index (χ2n) is 4.21. The van der Waals surface area contributed by atoms with E-state index in [4.69, 9.17) is 10.5 Å². The summed E-state index contributed by atoms with van der Waals surface area (Å²) >= 11 is 0. The lowest BCUT2D eigenvalue weighted by Gasteiger charge is -2.22. The monoisotopic (exact) mass is 208 g/mol. The summed E-state index contributed by atoms with van der Waals surface area (Å²) in [6, 6.07) is 1.67. The number of ketones is 1. The third-order valence-electron chi connectivity index (χ3n) is 1.68. The minimum Gasteiger partial charge on any atom is -0.487 e. The molecule has 0 fully saturated rings. The summed E-state index contributed by atoms with van der Waals surface area (Å²) in [5.74, 6) is 0.371. The van der Waals surface area contributed by atoms with Gasteiger partial charge in [-0.25, -0.2) is 0 Å². The van der Waals surface area contributed by atoms with Gasteiger partial charge >= 0.3 is 0 Å². The highest BCUT2D eigenvalue weighted by Gasteiger charge is 2.17. The topological polar surface area (TPSA) is 65.2 Å². The molecule has 0 bridgehead atoms. The molecule has 4 heteroatoms. The Morgan fingerprint density at radius 3 is 2.73 bits per heavy atom. The van der Waals surface area contributed by atoms with Crippen molar-refractivity contribution in [2.75, 3.05) is 6.54 Å². The molecule has 0 radical (unpaired) electrons. The first-order valence-corrected chi connectivity index (χ1v) is 4.80. The van der Waals surface area contributed by atoms with E-state index in [-0.39, 0.29) is 17.9 Å². The van der Waals surface area contributed by atoms with Crippen molar-refractivity contribution in [3.8, 4) is 5.75 Å². The molecule has 0 saturated carbocycles. The number of aromatic nitrogens is 1. The molecule has 2 N–H and O–H groups in total. The Bertz CT molecular complexity index is 356. The Hall–Kier alpha value is -1.42. The van der Waals surface area contributed by atoms with Crippen molar-refractivity contribution in [3.63, 3.8) is 0 Å². The SMILES string of the molecule is CC(C)(C)Oc1ccncc1C(=O)CN. The molecule has 0 aliphatic carbocycles. The van der Waals surface area contributed by atoms with Crippen LogP contribution < -0.4 is 10.5 Å². The maximum atomic E-state index is 11.5. The van der Waals surface area contributed by atoms with Gasteiger partial charge in [-0.3, -0.25) is 9.78 Å². The third-order valence-corrected chi connectivity index (χ3v) is 1.68. The highest BCUT2D eigenvalue weighted by Crippen LogP contribution is 2.22. The van der Waals surface area contributed by atoms with Crippen molar-refractivity contribution < 1.29 is 9.53 Å². The Labute approximate surface area is 89.5 Å². The normalized spacial score (nSPS) is 11.2. The van der Waals surface area contributed by atoms with E-state index in [0.29, 0.717) is 11.3 Å².